The van der Waals surface area contributed by atoms with Crippen molar-refractivity contribution in [3.63, 3.8) is 0 Å². The Labute approximate surface area is 262 Å². The molecule has 1 unspecified atom stereocenters. The van der Waals surface area contributed by atoms with Gasteiger partial charge in [-0.2, -0.15) is 14.6 Å². The van der Waals surface area contributed by atoms with Crippen molar-refractivity contribution in [2.24, 2.45) is 5.10 Å². The van der Waals surface area contributed by atoms with Gasteiger partial charge in [-0.05, 0) is 70.8 Å². The number of anilines is 2. The lowest BCUT2D eigenvalue weighted by molar-refractivity contribution is -0.563. The molecule has 6 rings (SSSR count). The summed E-state index contributed by atoms with van der Waals surface area (Å²) in [6, 6.07) is 28.3. The van der Waals surface area contributed by atoms with Crippen LogP contribution < -0.4 is 20.2 Å². The molecule has 0 bridgehead atoms. The van der Waals surface area contributed by atoms with Gasteiger partial charge in [0, 0.05) is 23.5 Å². The Morgan fingerprint density at radius 2 is 1.73 bits per heavy atom. The number of nitrogens with zero attached hydrogens (tertiary/aromatic N) is 4. The number of benzene rings is 3. The number of carbonyl (C=O) groups is 3. The highest BCUT2D eigenvalue weighted by Crippen LogP contribution is 2.31. The van der Waals surface area contributed by atoms with Gasteiger partial charge in [-0.3, -0.25) is 0 Å². The number of amides is 3. The van der Waals surface area contributed by atoms with E-state index in [1.165, 1.54) is 35.0 Å². The average molecular weight is 620 g/mol. The molecule has 0 spiro atoms. The van der Waals surface area contributed by atoms with Crippen LogP contribution in [0.4, 0.5) is 20.7 Å². The van der Waals surface area contributed by atoms with E-state index in [0.717, 1.165) is 16.7 Å². The summed E-state index contributed by atoms with van der Waals surface area (Å²) in [6.07, 6.45) is 4.76. The third kappa shape index (κ3) is 6.61. The molecule has 0 saturated carbocycles. The zero-order valence-electron chi connectivity index (χ0n) is 23.6. The first kappa shape index (κ1) is 29.3. The maximum Gasteiger partial charge on any atom is 0.339 e. The Morgan fingerprint density at radius 1 is 0.956 bits per heavy atom. The van der Waals surface area contributed by atoms with Crippen LogP contribution in [0, 0.1) is 5.82 Å². The molecular weight excluding hydrogens is 595 g/mol. The van der Waals surface area contributed by atoms with Crippen molar-refractivity contribution in [2.45, 2.75) is 12.5 Å². The average Bonchev–Trinajstić information content (AvgIpc) is 3.05. The van der Waals surface area contributed by atoms with Gasteiger partial charge in [-0.1, -0.05) is 60.1 Å². The van der Waals surface area contributed by atoms with Gasteiger partial charge in [-0.15, -0.1) is 0 Å². The Bertz CT molecular complexity index is 1930. The number of halogens is 2. The lowest BCUT2D eigenvalue weighted by Crippen LogP contribution is -2.59. The van der Waals surface area contributed by atoms with Crippen molar-refractivity contribution >= 4 is 47.2 Å². The van der Waals surface area contributed by atoms with Gasteiger partial charge >= 0.3 is 17.8 Å². The summed E-state index contributed by atoms with van der Waals surface area (Å²) in [5.74, 6) is -1.67. The Hall–Kier alpha value is -5.74. The fourth-order valence-corrected chi connectivity index (χ4v) is 5.15. The van der Waals surface area contributed by atoms with Crippen LogP contribution in [0.5, 0.6) is 0 Å². The molecule has 0 fully saturated rings. The number of aromatic nitrogens is 2. The van der Waals surface area contributed by atoms with Crippen LogP contribution in [-0.2, 0) is 11.3 Å². The highest BCUT2D eigenvalue weighted by atomic mass is 35.5. The number of hydrazone groups is 1. The van der Waals surface area contributed by atoms with Crippen molar-refractivity contribution in [2.75, 3.05) is 10.2 Å². The first-order valence-electron chi connectivity index (χ1n) is 13.9. The number of nitrogens with one attached hydrogen (secondary N) is 2. The summed E-state index contributed by atoms with van der Waals surface area (Å²) in [5, 5.41) is 6.91. The van der Waals surface area contributed by atoms with Crippen LogP contribution in [-0.4, -0.2) is 29.0 Å². The quantitative estimate of drug-likeness (QED) is 0.0771. The third-order valence-corrected chi connectivity index (χ3v) is 7.39. The second kappa shape index (κ2) is 12.9. The van der Waals surface area contributed by atoms with E-state index in [2.05, 4.69) is 20.8 Å². The van der Waals surface area contributed by atoms with Gasteiger partial charge in [0.05, 0.1) is 12.4 Å². The van der Waals surface area contributed by atoms with Crippen LogP contribution in [0.25, 0.3) is 11.1 Å². The molecule has 0 saturated heterocycles. The molecule has 5 aromatic rings. The highest BCUT2D eigenvalue weighted by Gasteiger charge is 2.47. The fourth-order valence-electron chi connectivity index (χ4n) is 5.03. The van der Waals surface area contributed by atoms with Crippen LogP contribution in [0.2, 0.25) is 5.15 Å². The molecule has 222 valence electrons. The third-order valence-electron chi connectivity index (χ3n) is 7.16. The van der Waals surface area contributed by atoms with Crippen LogP contribution in [0.15, 0.2) is 121 Å². The van der Waals surface area contributed by atoms with Crippen LogP contribution >= 0.6 is 11.6 Å². The minimum atomic E-state index is -1.06. The van der Waals surface area contributed by atoms with E-state index in [0.29, 0.717) is 27.8 Å². The number of rotatable bonds is 7. The molecule has 9 nitrogen and oxygen atoms in total. The molecule has 3 aromatic carbocycles. The predicted molar refractivity (Wildman–Crippen MR) is 168 cm³/mol. The summed E-state index contributed by atoms with van der Waals surface area (Å²) in [5.41, 5.74) is 6.45. The van der Waals surface area contributed by atoms with Gasteiger partial charge in [0.2, 0.25) is 0 Å². The van der Waals surface area contributed by atoms with Crippen molar-refractivity contribution < 1.29 is 23.3 Å². The maximum atomic E-state index is 13.9. The SMILES string of the molecule is O=C(N/N=C/c1cccc(-c2cccc(C3C(=O)N(Cc4ccc(Cl)nc4)c4cccc[n+]4C3=O)c2)c1)Nc1ccc(F)cc1. The van der Waals surface area contributed by atoms with Crippen LogP contribution in [0.3, 0.4) is 0 Å². The van der Waals surface area contributed by atoms with Crippen molar-refractivity contribution in [1.29, 1.82) is 0 Å². The molecule has 3 heterocycles. The van der Waals surface area contributed by atoms with Gasteiger partial charge in [-0.25, -0.2) is 29.2 Å². The normalized spacial score (nSPS) is 14.4. The number of hydrogen-bond donors (Lipinski definition) is 2. The summed E-state index contributed by atoms with van der Waals surface area (Å²) in [4.78, 5) is 45.5. The van der Waals surface area contributed by atoms with Crippen molar-refractivity contribution in [3.05, 3.63) is 143 Å². The minimum absolute atomic E-state index is 0.216. The Kier molecular flexibility index (Phi) is 8.39. The first-order valence-corrected chi connectivity index (χ1v) is 14.3. The highest BCUT2D eigenvalue weighted by molar-refractivity contribution is 6.29. The van der Waals surface area contributed by atoms with E-state index in [-0.39, 0.29) is 18.4 Å². The molecule has 1 aliphatic rings. The molecule has 1 atom stereocenters. The largest absolute Gasteiger partial charge is 0.339 e. The summed E-state index contributed by atoms with van der Waals surface area (Å²) in [6.45, 7) is 0.216. The number of fused-ring (bicyclic) bond motifs is 1. The molecule has 0 aliphatic carbocycles. The first-order chi connectivity index (χ1) is 21.9. The van der Waals surface area contributed by atoms with E-state index in [1.54, 1.807) is 53.7 Å². The summed E-state index contributed by atoms with van der Waals surface area (Å²) >= 11 is 5.95. The van der Waals surface area contributed by atoms with Crippen molar-refractivity contribution in [1.82, 2.24) is 10.4 Å². The molecule has 11 heteroatoms. The van der Waals surface area contributed by atoms with E-state index >= 15 is 0 Å². The lowest BCUT2D eigenvalue weighted by Gasteiger charge is -2.26. The topological polar surface area (TPSA) is 108 Å². The zero-order chi connectivity index (χ0) is 31.3. The molecule has 3 amide bonds. The maximum absolute atomic E-state index is 13.9. The second-order valence-corrected chi connectivity index (χ2v) is 10.6. The number of urea groups is 1. The van der Waals surface area contributed by atoms with E-state index in [1.807, 2.05) is 42.5 Å². The molecule has 45 heavy (non-hydrogen) atoms. The predicted octanol–water partition coefficient (Wildman–Crippen LogP) is 5.96. The Balaban J connectivity index is 1.22. The minimum Gasteiger partial charge on any atom is -0.307 e. The lowest BCUT2D eigenvalue weighted by atomic mass is 9.91. The standard InChI is InChI=1S/C34H24ClFN6O3/c35-29-15-10-23(19-37-29)21-42-30-9-1-2-16-41(30)32(43)31(33(42)44)26-8-4-7-25(18-26)24-6-3-5-22(17-24)20-38-40-34(45)39-28-13-11-27(36)12-14-28/h1-20,31H,21H2,(H-,39,40,45)/p+1/b38-20+. The molecule has 2 N–H and O–H groups in total. The second-order valence-electron chi connectivity index (χ2n) is 10.2. The van der Waals surface area contributed by atoms with Crippen molar-refractivity contribution in [3.8, 4) is 11.1 Å². The van der Waals surface area contributed by atoms with E-state index in [4.69, 9.17) is 11.6 Å². The van der Waals surface area contributed by atoms with Gasteiger partial charge in [0.15, 0.2) is 5.92 Å². The van der Waals surface area contributed by atoms with E-state index in [9.17, 15) is 18.8 Å². The van der Waals surface area contributed by atoms with Gasteiger partial charge < -0.3 is 5.32 Å². The number of hydrogen-bond acceptors (Lipinski definition) is 5. The molecular formula is C34H25ClFN6O3+. The zero-order valence-corrected chi connectivity index (χ0v) is 24.4. The number of carbonyl (C=O) groups excluding carboxylic acids is 3. The Morgan fingerprint density at radius 3 is 2.51 bits per heavy atom. The van der Waals surface area contributed by atoms with Gasteiger partial charge in [0.25, 0.3) is 5.82 Å². The molecule has 2 aromatic heterocycles. The summed E-state index contributed by atoms with van der Waals surface area (Å²) in [7, 11) is 0. The monoisotopic (exact) mass is 619 g/mol. The molecule has 0 radical (unpaired) electrons. The fraction of sp³-hybridized carbons (Fsp3) is 0.0588. The van der Waals surface area contributed by atoms with Gasteiger partial charge in [0.1, 0.15) is 17.5 Å². The smallest absolute Gasteiger partial charge is 0.307 e. The molecule has 1 aliphatic heterocycles. The summed E-state index contributed by atoms with van der Waals surface area (Å²) < 4.78 is 14.6. The van der Waals surface area contributed by atoms with Crippen LogP contribution in [0.1, 0.15) is 27.4 Å². The number of pyridine rings is 2. The van der Waals surface area contributed by atoms with E-state index < -0.39 is 17.8 Å².